The van der Waals surface area contributed by atoms with Gasteiger partial charge in [0.05, 0.1) is 22.8 Å². The Morgan fingerprint density at radius 1 is 1.04 bits per heavy atom. The minimum atomic E-state index is 0.445. The van der Waals surface area contributed by atoms with E-state index >= 15 is 0 Å². The molecule has 0 aliphatic rings. The van der Waals surface area contributed by atoms with Crippen molar-refractivity contribution in [2.45, 2.75) is 6.42 Å². The van der Waals surface area contributed by atoms with Crippen LogP contribution < -0.4 is 4.74 Å². The molecule has 8 heteroatoms. The molecule has 0 saturated carbocycles. The van der Waals surface area contributed by atoms with Crippen LogP contribution in [0.1, 0.15) is 11.3 Å². The maximum Gasteiger partial charge on any atom is 0.168 e. The fraction of sp³-hybridized carbons (Fsp3) is 0.111. The summed E-state index contributed by atoms with van der Waals surface area (Å²) < 4.78 is 7.18. The highest BCUT2D eigenvalue weighted by Gasteiger charge is 2.15. The quantitative estimate of drug-likeness (QED) is 0.528. The Hall–Kier alpha value is -2.70. The second kappa shape index (κ2) is 6.90. The summed E-state index contributed by atoms with van der Waals surface area (Å²) in [5.74, 6) is 1.41. The number of aromatic nitrogens is 5. The van der Waals surface area contributed by atoms with Gasteiger partial charge in [0.2, 0.25) is 0 Å². The maximum absolute atomic E-state index is 6.26. The Kier molecular flexibility index (Phi) is 4.44. The van der Waals surface area contributed by atoms with E-state index in [0.29, 0.717) is 22.3 Å². The van der Waals surface area contributed by atoms with Crippen molar-refractivity contribution < 1.29 is 4.74 Å². The summed E-state index contributed by atoms with van der Waals surface area (Å²) in [7, 11) is 1.63. The van der Waals surface area contributed by atoms with Crippen molar-refractivity contribution in [2.24, 2.45) is 0 Å². The van der Waals surface area contributed by atoms with Gasteiger partial charge >= 0.3 is 0 Å². The van der Waals surface area contributed by atoms with Crippen LogP contribution in [0.15, 0.2) is 49.3 Å². The van der Waals surface area contributed by atoms with Crippen LogP contribution in [0.2, 0.25) is 10.0 Å². The van der Waals surface area contributed by atoms with Crippen LogP contribution in [-0.4, -0.2) is 31.8 Å². The van der Waals surface area contributed by atoms with Crippen LogP contribution >= 0.6 is 23.2 Å². The third-order valence-electron chi connectivity index (χ3n) is 4.09. The van der Waals surface area contributed by atoms with Crippen molar-refractivity contribution in [1.82, 2.24) is 24.7 Å². The van der Waals surface area contributed by atoms with E-state index in [2.05, 4.69) is 20.2 Å². The maximum atomic E-state index is 6.26. The predicted molar refractivity (Wildman–Crippen MR) is 100 cm³/mol. The molecule has 3 heterocycles. The number of pyridine rings is 1. The molecule has 4 rings (SSSR count). The van der Waals surface area contributed by atoms with E-state index in [4.69, 9.17) is 27.9 Å². The summed E-state index contributed by atoms with van der Waals surface area (Å²) in [4.78, 5) is 8.08. The molecular formula is C18H13Cl2N5O. The third-order valence-corrected chi connectivity index (χ3v) is 4.74. The molecule has 4 aromatic rings. The summed E-state index contributed by atoms with van der Waals surface area (Å²) in [5, 5.41) is 11.6. The van der Waals surface area contributed by atoms with Crippen molar-refractivity contribution in [3.63, 3.8) is 0 Å². The van der Waals surface area contributed by atoms with Crippen LogP contribution in [0.3, 0.4) is 0 Å². The van der Waals surface area contributed by atoms with Gasteiger partial charge in [-0.3, -0.25) is 9.55 Å². The Morgan fingerprint density at radius 3 is 2.54 bits per heavy atom. The molecule has 6 nitrogen and oxygen atoms in total. The standard InChI is InChI=1S/C18H13Cl2N5O/c1-26-11-2-3-12-13(6-11)18(25-5-4-21-10-25)24-23-17(12)7-14-15(19)8-22-9-16(14)20/h2-6,8-10H,7H2,1H3. The van der Waals surface area contributed by atoms with Gasteiger partial charge in [0.15, 0.2) is 5.82 Å². The third kappa shape index (κ3) is 2.98. The summed E-state index contributed by atoms with van der Waals surface area (Å²) in [5.41, 5.74) is 1.53. The zero-order chi connectivity index (χ0) is 18.1. The number of hydrogen-bond acceptors (Lipinski definition) is 5. The molecule has 0 unspecified atom stereocenters. The Morgan fingerprint density at radius 2 is 1.85 bits per heavy atom. The highest BCUT2D eigenvalue weighted by Crippen LogP contribution is 2.31. The van der Waals surface area contributed by atoms with E-state index in [1.807, 2.05) is 29.0 Å². The van der Waals surface area contributed by atoms with Gasteiger partial charge in [0.1, 0.15) is 12.1 Å². The van der Waals surface area contributed by atoms with Crippen LogP contribution in [0.25, 0.3) is 16.6 Å². The molecule has 130 valence electrons. The van der Waals surface area contributed by atoms with Gasteiger partial charge < -0.3 is 4.74 Å². The fourth-order valence-corrected chi connectivity index (χ4v) is 3.28. The highest BCUT2D eigenvalue weighted by molar-refractivity contribution is 6.35. The van der Waals surface area contributed by atoms with E-state index in [1.54, 1.807) is 32.0 Å². The predicted octanol–water partition coefficient (Wildman–Crippen LogP) is 4.12. The smallest absolute Gasteiger partial charge is 0.168 e. The number of methoxy groups -OCH3 is 1. The molecule has 0 N–H and O–H groups in total. The van der Waals surface area contributed by atoms with E-state index in [9.17, 15) is 0 Å². The first-order chi connectivity index (χ1) is 12.7. The van der Waals surface area contributed by atoms with Crippen molar-refractivity contribution >= 4 is 34.0 Å². The highest BCUT2D eigenvalue weighted by atomic mass is 35.5. The number of halogens is 2. The first-order valence-electron chi connectivity index (χ1n) is 7.77. The lowest BCUT2D eigenvalue weighted by atomic mass is 10.0. The van der Waals surface area contributed by atoms with E-state index in [0.717, 1.165) is 27.8 Å². The average molecular weight is 386 g/mol. The lowest BCUT2D eigenvalue weighted by Gasteiger charge is -2.12. The van der Waals surface area contributed by atoms with Gasteiger partial charge in [0, 0.05) is 42.0 Å². The number of nitrogens with zero attached hydrogens (tertiary/aromatic N) is 5. The van der Waals surface area contributed by atoms with E-state index in [1.165, 1.54) is 0 Å². The largest absolute Gasteiger partial charge is 0.497 e. The van der Waals surface area contributed by atoms with Crippen LogP contribution in [0, 0.1) is 0 Å². The van der Waals surface area contributed by atoms with Gasteiger partial charge in [-0.05, 0) is 23.8 Å². The molecule has 0 bridgehead atoms. The number of fused-ring (bicyclic) bond motifs is 1. The van der Waals surface area contributed by atoms with Crippen molar-refractivity contribution in [3.8, 4) is 11.6 Å². The zero-order valence-electron chi connectivity index (χ0n) is 13.7. The summed E-state index contributed by atoms with van der Waals surface area (Å²) in [6.45, 7) is 0. The minimum Gasteiger partial charge on any atom is -0.497 e. The number of benzene rings is 1. The van der Waals surface area contributed by atoms with Crippen molar-refractivity contribution in [2.75, 3.05) is 7.11 Å². The van der Waals surface area contributed by atoms with Gasteiger partial charge in [0.25, 0.3) is 0 Å². The summed E-state index contributed by atoms with van der Waals surface area (Å²) in [6.07, 6.45) is 8.78. The first kappa shape index (κ1) is 16.8. The first-order valence-corrected chi connectivity index (χ1v) is 8.52. The zero-order valence-corrected chi connectivity index (χ0v) is 15.2. The Bertz CT molecular complexity index is 1060. The summed E-state index contributed by atoms with van der Waals surface area (Å²) in [6, 6.07) is 5.78. The number of imidazole rings is 1. The SMILES string of the molecule is COc1ccc2c(Cc3c(Cl)cncc3Cl)nnc(-n3ccnc3)c2c1. The van der Waals surface area contributed by atoms with Crippen LogP contribution in [0.4, 0.5) is 0 Å². The lowest BCUT2D eigenvalue weighted by Crippen LogP contribution is -2.04. The van der Waals surface area contributed by atoms with E-state index in [-0.39, 0.29) is 0 Å². The van der Waals surface area contributed by atoms with Crippen molar-refractivity contribution in [3.05, 3.63) is 70.6 Å². The number of ether oxygens (including phenoxy) is 1. The molecule has 0 aliphatic heterocycles. The Balaban J connectivity index is 1.90. The normalized spacial score (nSPS) is 11.0. The van der Waals surface area contributed by atoms with Crippen LogP contribution in [0.5, 0.6) is 5.75 Å². The van der Waals surface area contributed by atoms with Gasteiger partial charge in [-0.15, -0.1) is 5.10 Å². The molecule has 1 aromatic carbocycles. The van der Waals surface area contributed by atoms with Crippen LogP contribution in [-0.2, 0) is 6.42 Å². The fourth-order valence-electron chi connectivity index (χ4n) is 2.78. The van der Waals surface area contributed by atoms with Crippen molar-refractivity contribution in [1.29, 1.82) is 0 Å². The number of hydrogen-bond donors (Lipinski definition) is 0. The second-order valence-corrected chi connectivity index (χ2v) is 6.42. The topological polar surface area (TPSA) is 65.7 Å². The summed E-state index contributed by atoms with van der Waals surface area (Å²) >= 11 is 12.5. The molecule has 26 heavy (non-hydrogen) atoms. The monoisotopic (exact) mass is 385 g/mol. The minimum absolute atomic E-state index is 0.445. The Labute approximate surface area is 159 Å². The number of rotatable bonds is 4. The molecule has 0 atom stereocenters. The molecule has 0 spiro atoms. The molecule has 0 fully saturated rings. The molecular weight excluding hydrogens is 373 g/mol. The molecule has 0 amide bonds. The molecule has 3 aromatic heterocycles. The molecule has 0 aliphatic carbocycles. The second-order valence-electron chi connectivity index (χ2n) is 5.61. The van der Waals surface area contributed by atoms with Gasteiger partial charge in [-0.2, -0.15) is 5.10 Å². The van der Waals surface area contributed by atoms with E-state index < -0.39 is 0 Å². The lowest BCUT2D eigenvalue weighted by molar-refractivity contribution is 0.415. The molecule has 0 radical (unpaired) electrons. The van der Waals surface area contributed by atoms with Gasteiger partial charge in [-0.25, -0.2) is 4.98 Å². The average Bonchev–Trinajstić information content (AvgIpc) is 3.18. The molecule has 0 saturated heterocycles. The van der Waals surface area contributed by atoms with Gasteiger partial charge in [-0.1, -0.05) is 23.2 Å².